The van der Waals surface area contributed by atoms with E-state index in [2.05, 4.69) is 4.98 Å². The number of ether oxygens (including phenoxy) is 1. The van der Waals surface area contributed by atoms with Gasteiger partial charge in [-0.2, -0.15) is 0 Å². The predicted octanol–water partition coefficient (Wildman–Crippen LogP) is 2.96. The Kier molecular flexibility index (Phi) is 3.15. The Bertz CT molecular complexity index is 494. The molecule has 0 aliphatic carbocycles. The van der Waals surface area contributed by atoms with Crippen molar-refractivity contribution in [1.82, 2.24) is 9.55 Å². The normalized spacial score (nSPS) is 10.4. The number of hydrogen-bond donors (Lipinski definition) is 0. The number of benzene rings is 1. The summed E-state index contributed by atoms with van der Waals surface area (Å²) >= 11 is 5.98. The molecule has 1 aromatic carbocycles. The zero-order valence-electron chi connectivity index (χ0n) is 9.27. The second-order valence-corrected chi connectivity index (χ2v) is 4.04. The van der Waals surface area contributed by atoms with E-state index in [0.29, 0.717) is 17.4 Å². The molecule has 4 heteroatoms. The summed E-state index contributed by atoms with van der Waals surface area (Å²) in [6.45, 7) is 2.38. The second-order valence-electron chi connectivity index (χ2n) is 3.63. The van der Waals surface area contributed by atoms with E-state index in [1.165, 1.54) is 0 Å². The van der Waals surface area contributed by atoms with Gasteiger partial charge >= 0.3 is 0 Å². The topological polar surface area (TPSA) is 27.1 Å². The third-order valence-corrected chi connectivity index (χ3v) is 2.60. The molecule has 0 amide bonds. The van der Waals surface area contributed by atoms with Gasteiger partial charge in [0, 0.05) is 13.2 Å². The van der Waals surface area contributed by atoms with Gasteiger partial charge in [0.15, 0.2) is 0 Å². The minimum absolute atomic E-state index is 0.425. The minimum atomic E-state index is 0.425. The number of hydrogen-bond acceptors (Lipinski definition) is 2. The van der Waals surface area contributed by atoms with Crippen LogP contribution in [0.5, 0.6) is 5.75 Å². The zero-order chi connectivity index (χ0) is 11.5. The summed E-state index contributed by atoms with van der Waals surface area (Å²) in [4.78, 5) is 4.35. The molecule has 0 saturated heterocycles. The van der Waals surface area contributed by atoms with Crippen molar-refractivity contribution in [3.8, 4) is 5.75 Å². The summed E-state index contributed by atoms with van der Waals surface area (Å²) in [6.07, 6.45) is 1.96. The summed E-state index contributed by atoms with van der Waals surface area (Å²) in [5, 5.41) is 0.619. The van der Waals surface area contributed by atoms with Crippen molar-refractivity contribution in [3.05, 3.63) is 47.0 Å². The maximum absolute atomic E-state index is 5.98. The summed E-state index contributed by atoms with van der Waals surface area (Å²) in [5.41, 5.74) is 0.986. The van der Waals surface area contributed by atoms with Crippen LogP contribution in [-0.2, 0) is 13.7 Å². The molecule has 16 heavy (non-hydrogen) atoms. The molecule has 0 fully saturated rings. The van der Waals surface area contributed by atoms with Gasteiger partial charge in [0.1, 0.15) is 18.2 Å². The molecular weight excluding hydrogens is 224 g/mol. The van der Waals surface area contributed by atoms with E-state index in [9.17, 15) is 0 Å². The van der Waals surface area contributed by atoms with Crippen LogP contribution in [0.25, 0.3) is 0 Å². The average molecular weight is 237 g/mol. The SMILES string of the molecule is Cc1cn(C)c(COc2ccccc2Cl)n1. The van der Waals surface area contributed by atoms with E-state index >= 15 is 0 Å². The van der Waals surface area contributed by atoms with Gasteiger partial charge < -0.3 is 9.30 Å². The number of nitrogens with zero attached hydrogens (tertiary/aromatic N) is 2. The predicted molar refractivity (Wildman–Crippen MR) is 63.7 cm³/mol. The van der Waals surface area contributed by atoms with Gasteiger partial charge in [-0.05, 0) is 19.1 Å². The van der Waals surface area contributed by atoms with Gasteiger partial charge in [0.05, 0.1) is 10.7 Å². The molecule has 0 bridgehead atoms. The molecule has 0 saturated carbocycles. The van der Waals surface area contributed by atoms with E-state index in [1.807, 2.05) is 42.9 Å². The molecule has 3 nitrogen and oxygen atoms in total. The lowest BCUT2D eigenvalue weighted by Gasteiger charge is -2.07. The lowest BCUT2D eigenvalue weighted by Crippen LogP contribution is -2.03. The molecule has 0 atom stereocenters. The molecule has 0 unspecified atom stereocenters. The van der Waals surface area contributed by atoms with E-state index in [1.54, 1.807) is 6.07 Å². The van der Waals surface area contributed by atoms with Crippen LogP contribution in [0.2, 0.25) is 5.02 Å². The first kappa shape index (κ1) is 11.0. The largest absolute Gasteiger partial charge is 0.484 e. The Morgan fingerprint density at radius 1 is 1.38 bits per heavy atom. The summed E-state index contributed by atoms with van der Waals surface area (Å²) < 4.78 is 7.55. The lowest BCUT2D eigenvalue weighted by molar-refractivity contribution is 0.292. The van der Waals surface area contributed by atoms with Crippen molar-refractivity contribution in [2.75, 3.05) is 0 Å². The molecule has 0 aliphatic rings. The molecule has 0 spiro atoms. The maximum Gasteiger partial charge on any atom is 0.146 e. The lowest BCUT2D eigenvalue weighted by atomic mass is 10.3. The van der Waals surface area contributed by atoms with Crippen molar-refractivity contribution in [2.45, 2.75) is 13.5 Å². The molecule has 0 N–H and O–H groups in total. The summed E-state index contributed by atoms with van der Waals surface area (Å²) in [6, 6.07) is 7.42. The Balaban J connectivity index is 2.08. The van der Waals surface area contributed by atoms with E-state index in [4.69, 9.17) is 16.3 Å². The van der Waals surface area contributed by atoms with Gasteiger partial charge in [0.25, 0.3) is 0 Å². The fourth-order valence-electron chi connectivity index (χ4n) is 1.50. The monoisotopic (exact) mass is 236 g/mol. The Labute approximate surface area is 99.6 Å². The standard InChI is InChI=1S/C12H13ClN2O/c1-9-7-15(2)12(14-9)8-16-11-6-4-3-5-10(11)13/h3-7H,8H2,1-2H3. The average Bonchev–Trinajstić information content (AvgIpc) is 2.56. The number of aromatic nitrogens is 2. The Hall–Kier alpha value is -1.48. The zero-order valence-corrected chi connectivity index (χ0v) is 10.0. The number of para-hydroxylation sites is 1. The second kappa shape index (κ2) is 4.58. The quantitative estimate of drug-likeness (QED) is 0.819. The summed E-state index contributed by atoms with van der Waals surface area (Å²) in [7, 11) is 1.95. The van der Waals surface area contributed by atoms with Crippen molar-refractivity contribution in [3.63, 3.8) is 0 Å². The smallest absolute Gasteiger partial charge is 0.146 e. The highest BCUT2D eigenvalue weighted by atomic mass is 35.5. The van der Waals surface area contributed by atoms with Crippen LogP contribution in [0.1, 0.15) is 11.5 Å². The fraction of sp³-hybridized carbons (Fsp3) is 0.250. The van der Waals surface area contributed by atoms with Gasteiger partial charge in [-0.1, -0.05) is 23.7 Å². The van der Waals surface area contributed by atoms with Crippen LogP contribution in [0.15, 0.2) is 30.5 Å². The van der Waals surface area contributed by atoms with Crippen LogP contribution in [0.3, 0.4) is 0 Å². The van der Waals surface area contributed by atoms with Crippen molar-refractivity contribution in [2.24, 2.45) is 7.05 Å². The molecule has 0 radical (unpaired) electrons. The summed E-state index contributed by atoms with van der Waals surface area (Å²) in [5.74, 6) is 1.57. The molecule has 0 aliphatic heterocycles. The maximum atomic E-state index is 5.98. The highest BCUT2D eigenvalue weighted by Gasteiger charge is 2.05. The van der Waals surface area contributed by atoms with Crippen LogP contribution >= 0.6 is 11.6 Å². The molecule has 2 rings (SSSR count). The highest BCUT2D eigenvalue weighted by Crippen LogP contribution is 2.23. The van der Waals surface area contributed by atoms with Gasteiger partial charge in [-0.3, -0.25) is 0 Å². The van der Waals surface area contributed by atoms with Gasteiger partial charge in [0.2, 0.25) is 0 Å². The Morgan fingerprint density at radius 2 is 2.12 bits per heavy atom. The highest BCUT2D eigenvalue weighted by molar-refractivity contribution is 6.32. The van der Waals surface area contributed by atoms with Crippen LogP contribution < -0.4 is 4.74 Å². The number of rotatable bonds is 3. The third kappa shape index (κ3) is 2.36. The van der Waals surface area contributed by atoms with E-state index in [-0.39, 0.29) is 0 Å². The fourth-order valence-corrected chi connectivity index (χ4v) is 1.69. The minimum Gasteiger partial charge on any atom is -0.484 e. The van der Waals surface area contributed by atoms with Crippen molar-refractivity contribution < 1.29 is 4.74 Å². The van der Waals surface area contributed by atoms with Crippen LogP contribution in [0, 0.1) is 6.92 Å². The molecule has 84 valence electrons. The van der Waals surface area contributed by atoms with E-state index in [0.717, 1.165) is 11.5 Å². The van der Waals surface area contributed by atoms with E-state index < -0.39 is 0 Å². The van der Waals surface area contributed by atoms with Gasteiger partial charge in [-0.15, -0.1) is 0 Å². The molecular formula is C12H13ClN2O. The molecule has 1 heterocycles. The van der Waals surface area contributed by atoms with Crippen LogP contribution in [0.4, 0.5) is 0 Å². The van der Waals surface area contributed by atoms with Crippen LogP contribution in [-0.4, -0.2) is 9.55 Å². The van der Waals surface area contributed by atoms with Crippen molar-refractivity contribution in [1.29, 1.82) is 0 Å². The molecule has 2 aromatic rings. The van der Waals surface area contributed by atoms with Crippen molar-refractivity contribution >= 4 is 11.6 Å². The molecule has 1 aromatic heterocycles. The number of aryl methyl sites for hydroxylation is 2. The first-order chi connectivity index (χ1) is 7.66. The van der Waals surface area contributed by atoms with Gasteiger partial charge in [-0.25, -0.2) is 4.98 Å². The Morgan fingerprint density at radius 3 is 2.75 bits per heavy atom. The first-order valence-electron chi connectivity index (χ1n) is 5.03. The number of halogens is 1. The third-order valence-electron chi connectivity index (χ3n) is 2.29. The first-order valence-corrected chi connectivity index (χ1v) is 5.41. The number of imidazole rings is 1.